The standard InChI is InChI=1S/C17H23N3O/c1-6-12-8-7-9-13(10-12)21-15-11-14(18-5)19-16(20-15)17(2,3)4/h7-11H,6H2,1-5H3,(H,18,19,20). The van der Waals surface area contributed by atoms with Crippen LogP contribution in [-0.2, 0) is 11.8 Å². The van der Waals surface area contributed by atoms with Gasteiger partial charge in [0.15, 0.2) is 0 Å². The average Bonchev–Trinajstić information content (AvgIpc) is 2.46. The molecule has 0 amide bonds. The minimum Gasteiger partial charge on any atom is -0.439 e. The number of nitrogens with zero attached hydrogens (tertiary/aromatic N) is 2. The lowest BCUT2D eigenvalue weighted by atomic mass is 9.96. The van der Waals surface area contributed by atoms with Crippen LogP contribution in [0.2, 0.25) is 0 Å². The summed E-state index contributed by atoms with van der Waals surface area (Å²) in [6.45, 7) is 8.39. The van der Waals surface area contributed by atoms with Crippen molar-refractivity contribution >= 4 is 5.82 Å². The van der Waals surface area contributed by atoms with E-state index in [1.807, 2.05) is 31.3 Å². The number of ether oxygens (including phenoxy) is 1. The Morgan fingerprint density at radius 2 is 1.90 bits per heavy atom. The third-order valence-electron chi connectivity index (χ3n) is 3.16. The van der Waals surface area contributed by atoms with Gasteiger partial charge in [0.2, 0.25) is 5.88 Å². The maximum atomic E-state index is 5.91. The number of hydrogen-bond donors (Lipinski definition) is 1. The summed E-state index contributed by atoms with van der Waals surface area (Å²) in [4.78, 5) is 9.03. The van der Waals surface area contributed by atoms with Gasteiger partial charge in [-0.25, -0.2) is 4.98 Å². The van der Waals surface area contributed by atoms with Crippen molar-refractivity contribution in [1.82, 2.24) is 9.97 Å². The highest BCUT2D eigenvalue weighted by Crippen LogP contribution is 2.26. The van der Waals surface area contributed by atoms with Crippen LogP contribution >= 0.6 is 0 Å². The third-order valence-corrected chi connectivity index (χ3v) is 3.16. The molecule has 0 fully saturated rings. The van der Waals surface area contributed by atoms with Crippen LogP contribution in [0.3, 0.4) is 0 Å². The molecule has 0 radical (unpaired) electrons. The van der Waals surface area contributed by atoms with E-state index in [1.165, 1.54) is 5.56 Å². The van der Waals surface area contributed by atoms with Gasteiger partial charge >= 0.3 is 0 Å². The zero-order valence-corrected chi connectivity index (χ0v) is 13.4. The summed E-state index contributed by atoms with van der Waals surface area (Å²) in [5.41, 5.74) is 1.11. The van der Waals surface area contributed by atoms with Crippen LogP contribution in [0.4, 0.5) is 5.82 Å². The number of benzene rings is 1. The van der Waals surface area contributed by atoms with Gasteiger partial charge in [-0.1, -0.05) is 39.8 Å². The summed E-state index contributed by atoms with van der Waals surface area (Å²) >= 11 is 0. The fourth-order valence-corrected chi connectivity index (χ4v) is 1.89. The minimum atomic E-state index is -0.129. The summed E-state index contributed by atoms with van der Waals surface area (Å²) in [7, 11) is 1.84. The zero-order chi connectivity index (χ0) is 15.5. The Labute approximate surface area is 126 Å². The minimum absolute atomic E-state index is 0.129. The molecule has 0 saturated carbocycles. The summed E-state index contributed by atoms with van der Waals surface area (Å²) in [5.74, 6) is 2.88. The molecule has 4 heteroatoms. The quantitative estimate of drug-likeness (QED) is 0.915. The molecule has 0 atom stereocenters. The number of aromatic nitrogens is 2. The molecule has 1 heterocycles. The smallest absolute Gasteiger partial charge is 0.224 e. The first-order chi connectivity index (χ1) is 9.92. The molecule has 0 saturated heterocycles. The zero-order valence-electron chi connectivity index (χ0n) is 13.4. The number of hydrogen-bond acceptors (Lipinski definition) is 4. The molecule has 0 aliphatic carbocycles. The van der Waals surface area contributed by atoms with Crippen LogP contribution < -0.4 is 10.1 Å². The van der Waals surface area contributed by atoms with Gasteiger partial charge in [0, 0.05) is 18.5 Å². The Bertz CT molecular complexity index is 618. The Hall–Kier alpha value is -2.10. The lowest BCUT2D eigenvalue weighted by Crippen LogP contribution is -2.17. The normalized spacial score (nSPS) is 11.3. The van der Waals surface area contributed by atoms with E-state index >= 15 is 0 Å². The SMILES string of the molecule is CCc1cccc(Oc2cc(NC)nc(C(C)(C)C)n2)c1. The molecule has 2 rings (SSSR count). The van der Waals surface area contributed by atoms with Crippen LogP contribution in [0.15, 0.2) is 30.3 Å². The summed E-state index contributed by atoms with van der Waals surface area (Å²) in [6, 6.07) is 9.88. The molecule has 1 N–H and O–H groups in total. The molecule has 0 aliphatic heterocycles. The first-order valence-electron chi connectivity index (χ1n) is 7.26. The number of aryl methyl sites for hydroxylation is 1. The molecule has 0 unspecified atom stereocenters. The van der Waals surface area contributed by atoms with Crippen molar-refractivity contribution in [3.63, 3.8) is 0 Å². The Morgan fingerprint density at radius 3 is 2.52 bits per heavy atom. The van der Waals surface area contributed by atoms with Crippen molar-refractivity contribution in [2.24, 2.45) is 0 Å². The molecule has 0 bridgehead atoms. The summed E-state index contributed by atoms with van der Waals surface area (Å²) < 4.78 is 5.91. The average molecular weight is 285 g/mol. The number of nitrogens with one attached hydrogen (secondary N) is 1. The van der Waals surface area contributed by atoms with E-state index in [2.05, 4.69) is 49.0 Å². The maximum absolute atomic E-state index is 5.91. The van der Waals surface area contributed by atoms with Crippen molar-refractivity contribution in [2.75, 3.05) is 12.4 Å². The van der Waals surface area contributed by atoms with Crippen LogP contribution in [-0.4, -0.2) is 17.0 Å². The van der Waals surface area contributed by atoms with E-state index in [-0.39, 0.29) is 5.41 Å². The van der Waals surface area contributed by atoms with E-state index in [4.69, 9.17) is 4.74 Å². The van der Waals surface area contributed by atoms with Crippen LogP contribution in [0.5, 0.6) is 11.6 Å². The van der Waals surface area contributed by atoms with Gasteiger partial charge in [-0.3, -0.25) is 0 Å². The summed E-state index contributed by atoms with van der Waals surface area (Å²) in [6.07, 6.45) is 0.982. The van der Waals surface area contributed by atoms with E-state index in [0.29, 0.717) is 5.88 Å². The topological polar surface area (TPSA) is 47.0 Å². The second-order valence-electron chi connectivity index (χ2n) is 6.02. The van der Waals surface area contributed by atoms with Crippen LogP contribution in [0, 0.1) is 0 Å². The molecule has 112 valence electrons. The second kappa shape index (κ2) is 6.12. The number of anilines is 1. The molecule has 2 aromatic rings. The highest BCUT2D eigenvalue weighted by Gasteiger charge is 2.19. The maximum Gasteiger partial charge on any atom is 0.224 e. The summed E-state index contributed by atoms with van der Waals surface area (Å²) in [5, 5.41) is 3.06. The van der Waals surface area contributed by atoms with Crippen LogP contribution in [0.25, 0.3) is 0 Å². The van der Waals surface area contributed by atoms with Crippen LogP contribution in [0.1, 0.15) is 39.1 Å². The van der Waals surface area contributed by atoms with Crippen molar-refractivity contribution in [2.45, 2.75) is 39.5 Å². The lowest BCUT2D eigenvalue weighted by molar-refractivity contribution is 0.446. The Kier molecular flexibility index (Phi) is 4.46. The van der Waals surface area contributed by atoms with E-state index < -0.39 is 0 Å². The Morgan fingerprint density at radius 1 is 1.14 bits per heavy atom. The predicted molar refractivity (Wildman–Crippen MR) is 86.2 cm³/mol. The largest absolute Gasteiger partial charge is 0.439 e. The fraction of sp³-hybridized carbons (Fsp3) is 0.412. The van der Waals surface area contributed by atoms with E-state index in [1.54, 1.807) is 0 Å². The third kappa shape index (κ3) is 3.94. The van der Waals surface area contributed by atoms with Gasteiger partial charge in [0.25, 0.3) is 0 Å². The van der Waals surface area contributed by atoms with Crippen molar-refractivity contribution in [1.29, 1.82) is 0 Å². The van der Waals surface area contributed by atoms with Crippen molar-refractivity contribution in [3.8, 4) is 11.6 Å². The molecular weight excluding hydrogens is 262 g/mol. The molecule has 0 aliphatic rings. The predicted octanol–water partition coefficient (Wildman–Crippen LogP) is 4.17. The first-order valence-corrected chi connectivity index (χ1v) is 7.26. The van der Waals surface area contributed by atoms with Crippen molar-refractivity contribution < 1.29 is 4.74 Å². The fourth-order valence-electron chi connectivity index (χ4n) is 1.89. The van der Waals surface area contributed by atoms with Gasteiger partial charge < -0.3 is 10.1 Å². The highest BCUT2D eigenvalue weighted by molar-refractivity contribution is 5.40. The molecule has 4 nitrogen and oxygen atoms in total. The highest BCUT2D eigenvalue weighted by atomic mass is 16.5. The van der Waals surface area contributed by atoms with Gasteiger partial charge in [-0.2, -0.15) is 4.98 Å². The van der Waals surface area contributed by atoms with Gasteiger partial charge in [-0.05, 0) is 24.1 Å². The monoisotopic (exact) mass is 285 g/mol. The lowest BCUT2D eigenvalue weighted by Gasteiger charge is -2.18. The number of rotatable bonds is 4. The molecule has 21 heavy (non-hydrogen) atoms. The van der Waals surface area contributed by atoms with Crippen molar-refractivity contribution in [3.05, 3.63) is 41.7 Å². The second-order valence-corrected chi connectivity index (χ2v) is 6.02. The molecule has 1 aromatic heterocycles. The van der Waals surface area contributed by atoms with E-state index in [0.717, 1.165) is 23.8 Å². The molecule has 0 spiro atoms. The van der Waals surface area contributed by atoms with Gasteiger partial charge in [0.05, 0.1) is 0 Å². The van der Waals surface area contributed by atoms with E-state index in [9.17, 15) is 0 Å². The van der Waals surface area contributed by atoms with Gasteiger partial charge in [0.1, 0.15) is 17.4 Å². The molecule has 1 aromatic carbocycles. The van der Waals surface area contributed by atoms with Gasteiger partial charge in [-0.15, -0.1) is 0 Å². The first kappa shape index (κ1) is 15.3. The molecular formula is C17H23N3O. The Balaban J connectivity index is 2.34.